The molecule has 1 aliphatic heterocycles. The third-order valence-corrected chi connectivity index (χ3v) is 3.69. The van der Waals surface area contributed by atoms with Crippen molar-refractivity contribution in [2.45, 2.75) is 12.5 Å². The first-order valence-corrected chi connectivity index (χ1v) is 6.65. The van der Waals surface area contributed by atoms with E-state index in [4.69, 9.17) is 5.73 Å². The van der Waals surface area contributed by atoms with Crippen molar-refractivity contribution in [1.29, 1.82) is 0 Å². The molecule has 2 N–H and O–H groups in total. The van der Waals surface area contributed by atoms with Gasteiger partial charge < -0.3 is 5.73 Å². The van der Waals surface area contributed by atoms with Gasteiger partial charge in [-0.1, -0.05) is 18.2 Å². The molecule has 3 rings (SSSR count). The van der Waals surface area contributed by atoms with E-state index >= 15 is 0 Å². The van der Waals surface area contributed by atoms with Crippen LogP contribution in [0.15, 0.2) is 42.5 Å². The molecule has 0 aromatic heterocycles. The molecular weight excluding hydrogens is 290 g/mol. The Labute approximate surface area is 125 Å². The Hall–Kier alpha value is -2.76. The van der Waals surface area contributed by atoms with Crippen LogP contribution in [0.3, 0.4) is 0 Å². The highest BCUT2D eigenvalue weighted by molar-refractivity contribution is 6.11. The van der Waals surface area contributed by atoms with Crippen LogP contribution in [0.1, 0.15) is 15.9 Å². The van der Waals surface area contributed by atoms with Crippen molar-refractivity contribution in [1.82, 2.24) is 0 Å². The molecule has 6 heteroatoms. The van der Waals surface area contributed by atoms with Gasteiger partial charge in [-0.3, -0.25) is 14.5 Å². The topological polar surface area (TPSA) is 63.4 Å². The van der Waals surface area contributed by atoms with E-state index in [1.807, 2.05) is 0 Å². The van der Waals surface area contributed by atoms with Crippen molar-refractivity contribution in [3.8, 4) is 0 Å². The molecule has 0 fully saturated rings. The summed E-state index contributed by atoms with van der Waals surface area (Å²) >= 11 is 0. The van der Waals surface area contributed by atoms with Gasteiger partial charge in [0.1, 0.15) is 6.04 Å². The SMILES string of the molecule is NC(=O)C1Cc2ccccc2N1C(=O)c1ccc(F)c(F)c1. The molecule has 1 heterocycles. The van der Waals surface area contributed by atoms with E-state index in [0.717, 1.165) is 17.7 Å². The smallest absolute Gasteiger partial charge is 0.259 e. The summed E-state index contributed by atoms with van der Waals surface area (Å²) in [7, 11) is 0. The minimum Gasteiger partial charge on any atom is -0.368 e. The highest BCUT2D eigenvalue weighted by Crippen LogP contribution is 2.33. The maximum atomic E-state index is 13.3. The van der Waals surface area contributed by atoms with E-state index in [1.165, 1.54) is 11.0 Å². The average molecular weight is 302 g/mol. The molecule has 1 unspecified atom stereocenters. The van der Waals surface area contributed by atoms with Crippen LogP contribution in [0.2, 0.25) is 0 Å². The van der Waals surface area contributed by atoms with Gasteiger partial charge >= 0.3 is 0 Å². The van der Waals surface area contributed by atoms with Crippen LogP contribution in [-0.2, 0) is 11.2 Å². The van der Waals surface area contributed by atoms with E-state index in [9.17, 15) is 18.4 Å². The summed E-state index contributed by atoms with van der Waals surface area (Å²) in [6, 6.07) is 9.05. The lowest BCUT2D eigenvalue weighted by molar-refractivity contribution is -0.119. The Morgan fingerprint density at radius 2 is 1.82 bits per heavy atom. The summed E-state index contributed by atoms with van der Waals surface area (Å²) in [5.41, 5.74) is 6.69. The number of nitrogens with zero attached hydrogens (tertiary/aromatic N) is 1. The molecule has 0 radical (unpaired) electrons. The van der Waals surface area contributed by atoms with Gasteiger partial charge in [-0.05, 0) is 29.8 Å². The molecule has 112 valence electrons. The van der Waals surface area contributed by atoms with E-state index in [2.05, 4.69) is 0 Å². The van der Waals surface area contributed by atoms with Crippen LogP contribution in [0.4, 0.5) is 14.5 Å². The van der Waals surface area contributed by atoms with Gasteiger partial charge in [-0.2, -0.15) is 0 Å². The number of benzene rings is 2. The lowest BCUT2D eigenvalue weighted by atomic mass is 10.1. The van der Waals surface area contributed by atoms with Crippen LogP contribution in [-0.4, -0.2) is 17.9 Å². The van der Waals surface area contributed by atoms with Crippen LogP contribution < -0.4 is 10.6 Å². The van der Waals surface area contributed by atoms with Gasteiger partial charge in [0.25, 0.3) is 5.91 Å². The standard InChI is InChI=1S/C16H12F2N2O2/c17-11-6-5-10(7-12(11)18)16(22)20-13-4-2-1-3-9(13)8-14(20)15(19)21/h1-7,14H,8H2,(H2,19,21). The highest BCUT2D eigenvalue weighted by atomic mass is 19.2. The number of hydrogen-bond acceptors (Lipinski definition) is 2. The molecule has 2 aromatic carbocycles. The maximum absolute atomic E-state index is 13.3. The fraction of sp³-hybridized carbons (Fsp3) is 0.125. The maximum Gasteiger partial charge on any atom is 0.259 e. The predicted molar refractivity (Wildman–Crippen MR) is 76.3 cm³/mol. The second kappa shape index (κ2) is 5.22. The number of amides is 2. The molecule has 22 heavy (non-hydrogen) atoms. The first-order valence-electron chi connectivity index (χ1n) is 6.65. The van der Waals surface area contributed by atoms with Gasteiger partial charge in [0.05, 0.1) is 0 Å². The van der Waals surface area contributed by atoms with Crippen molar-refractivity contribution < 1.29 is 18.4 Å². The number of anilines is 1. The second-order valence-corrected chi connectivity index (χ2v) is 5.06. The summed E-state index contributed by atoms with van der Waals surface area (Å²) in [6.07, 6.45) is 0.306. The number of primary amides is 1. The molecule has 0 spiro atoms. The Kier molecular flexibility index (Phi) is 3.36. The predicted octanol–water partition coefficient (Wildman–Crippen LogP) is 2.02. The molecular formula is C16H12F2N2O2. The number of nitrogens with two attached hydrogens (primary N) is 1. The quantitative estimate of drug-likeness (QED) is 0.922. The molecule has 0 saturated heterocycles. The number of para-hydroxylation sites is 1. The second-order valence-electron chi connectivity index (χ2n) is 5.06. The zero-order chi connectivity index (χ0) is 15.9. The molecule has 2 amide bonds. The summed E-state index contributed by atoms with van der Waals surface area (Å²) in [5.74, 6) is -3.39. The van der Waals surface area contributed by atoms with E-state index in [1.54, 1.807) is 24.3 Å². The van der Waals surface area contributed by atoms with Crippen molar-refractivity contribution in [3.05, 3.63) is 65.2 Å². The third kappa shape index (κ3) is 2.22. The largest absolute Gasteiger partial charge is 0.368 e. The third-order valence-electron chi connectivity index (χ3n) is 3.69. The Bertz CT molecular complexity index is 776. The molecule has 0 saturated carbocycles. The van der Waals surface area contributed by atoms with Gasteiger partial charge in [0.2, 0.25) is 5.91 Å². The summed E-state index contributed by atoms with van der Waals surface area (Å²) in [5, 5.41) is 0. The Balaban J connectivity index is 2.05. The van der Waals surface area contributed by atoms with Crippen molar-refractivity contribution in [3.63, 3.8) is 0 Å². The van der Waals surface area contributed by atoms with Crippen LogP contribution in [0.25, 0.3) is 0 Å². The lowest BCUT2D eigenvalue weighted by Crippen LogP contribution is -2.46. The first-order chi connectivity index (χ1) is 10.5. The van der Waals surface area contributed by atoms with Crippen molar-refractivity contribution in [2.75, 3.05) is 4.90 Å². The molecule has 0 aliphatic carbocycles. The summed E-state index contributed by atoms with van der Waals surface area (Å²) in [6.45, 7) is 0. The summed E-state index contributed by atoms with van der Waals surface area (Å²) < 4.78 is 26.3. The van der Waals surface area contributed by atoms with Crippen molar-refractivity contribution in [2.24, 2.45) is 5.73 Å². The fourth-order valence-corrected chi connectivity index (χ4v) is 2.63. The Morgan fingerprint density at radius 3 is 2.50 bits per heavy atom. The van der Waals surface area contributed by atoms with Crippen molar-refractivity contribution >= 4 is 17.5 Å². The lowest BCUT2D eigenvalue weighted by Gasteiger charge is -2.23. The molecule has 0 bridgehead atoms. The van der Waals surface area contributed by atoms with Crippen LogP contribution >= 0.6 is 0 Å². The number of carbonyl (C=O) groups is 2. The summed E-state index contributed by atoms with van der Waals surface area (Å²) in [4.78, 5) is 25.5. The van der Waals surface area contributed by atoms with Crippen LogP contribution in [0.5, 0.6) is 0 Å². The molecule has 1 aliphatic rings. The van der Waals surface area contributed by atoms with Crippen LogP contribution in [0, 0.1) is 11.6 Å². The number of rotatable bonds is 2. The van der Waals surface area contributed by atoms with E-state index < -0.39 is 29.5 Å². The number of carbonyl (C=O) groups excluding carboxylic acids is 2. The van der Waals surface area contributed by atoms with Gasteiger partial charge in [-0.25, -0.2) is 8.78 Å². The normalized spacial score (nSPS) is 16.5. The average Bonchev–Trinajstić information content (AvgIpc) is 2.89. The zero-order valence-electron chi connectivity index (χ0n) is 11.4. The number of hydrogen-bond donors (Lipinski definition) is 1. The molecule has 4 nitrogen and oxygen atoms in total. The monoisotopic (exact) mass is 302 g/mol. The van der Waals surface area contributed by atoms with Gasteiger partial charge in [0, 0.05) is 17.7 Å². The minimum atomic E-state index is -1.12. The Morgan fingerprint density at radius 1 is 1.09 bits per heavy atom. The van der Waals surface area contributed by atoms with E-state index in [0.29, 0.717) is 12.1 Å². The molecule has 1 atom stereocenters. The number of fused-ring (bicyclic) bond motifs is 1. The molecule has 2 aromatic rings. The van der Waals surface area contributed by atoms with E-state index in [-0.39, 0.29) is 5.56 Å². The van der Waals surface area contributed by atoms with Gasteiger partial charge in [0.15, 0.2) is 11.6 Å². The number of halogens is 2. The zero-order valence-corrected chi connectivity index (χ0v) is 11.4. The minimum absolute atomic E-state index is 0.0400. The first kappa shape index (κ1) is 14.2. The fourth-order valence-electron chi connectivity index (χ4n) is 2.63. The highest BCUT2D eigenvalue weighted by Gasteiger charge is 2.37. The van der Waals surface area contributed by atoms with Gasteiger partial charge in [-0.15, -0.1) is 0 Å².